The number of hydrogen-bond acceptors (Lipinski definition) is 4. The highest BCUT2D eigenvalue weighted by atomic mass is 35.5. The van der Waals surface area contributed by atoms with Crippen LogP contribution in [0.3, 0.4) is 0 Å². The molecule has 0 saturated carbocycles. The summed E-state index contributed by atoms with van der Waals surface area (Å²) in [4.78, 5) is 16.7. The van der Waals surface area contributed by atoms with Crippen molar-refractivity contribution in [3.8, 4) is 0 Å². The highest BCUT2D eigenvalue weighted by Crippen LogP contribution is 2.50. The third kappa shape index (κ3) is 5.26. The minimum absolute atomic E-state index is 0.0572. The number of alkyl halides is 6. The van der Waals surface area contributed by atoms with E-state index in [1.54, 1.807) is 18.2 Å². The summed E-state index contributed by atoms with van der Waals surface area (Å²) in [5.41, 5.74) is -5.87. The van der Waals surface area contributed by atoms with E-state index in [9.17, 15) is 36.2 Å². The van der Waals surface area contributed by atoms with E-state index in [-0.39, 0.29) is 11.4 Å². The van der Waals surface area contributed by atoms with Crippen LogP contribution in [0, 0.1) is 0 Å². The molecule has 0 aromatic heterocycles. The number of thioether (sulfide) groups is 1. The molecule has 0 bridgehead atoms. The van der Waals surface area contributed by atoms with E-state index >= 15 is 0 Å². The predicted octanol–water partition coefficient (Wildman–Crippen LogP) is 6.00. The molecule has 2 aromatic rings. The van der Waals surface area contributed by atoms with Crippen LogP contribution >= 0.6 is 35.0 Å². The van der Waals surface area contributed by atoms with Gasteiger partial charge in [0.15, 0.2) is 0 Å². The standard InChI is InChI=1S/C20H14Cl2F6N2O2S/c21-13-2-1-3-14(22)12(13)8-16-30-15(9-33-16)17(31)29-11-6-4-10(5-7-11)18(32,19(23,24)25)20(26,27)28/h1-7,15,32H,8-9H2,(H,29,31). The van der Waals surface area contributed by atoms with Gasteiger partial charge in [-0.15, -0.1) is 11.8 Å². The first kappa shape index (κ1) is 25.7. The van der Waals surface area contributed by atoms with E-state index in [1.807, 2.05) is 0 Å². The maximum absolute atomic E-state index is 13.0. The van der Waals surface area contributed by atoms with Gasteiger partial charge in [0, 0.05) is 33.5 Å². The Morgan fingerprint density at radius 1 is 1.03 bits per heavy atom. The number of carbonyl (C=O) groups is 1. The number of aliphatic imine (C=N–C) groups is 1. The summed E-state index contributed by atoms with van der Waals surface area (Å²) in [6.45, 7) is 0. The second-order valence-electron chi connectivity index (χ2n) is 7.00. The lowest BCUT2D eigenvalue weighted by Gasteiger charge is -2.32. The van der Waals surface area contributed by atoms with Crippen molar-refractivity contribution in [3.05, 3.63) is 63.6 Å². The SMILES string of the molecule is O=C(Nc1ccc(C(O)(C(F)(F)F)C(F)(F)F)cc1)C1CSC(Cc2c(Cl)cccc2Cl)=N1. The second-order valence-corrected chi connectivity index (χ2v) is 8.91. The molecule has 1 unspecified atom stereocenters. The molecule has 0 saturated heterocycles. The maximum atomic E-state index is 13.0. The fourth-order valence-corrected chi connectivity index (χ4v) is 4.57. The van der Waals surface area contributed by atoms with Crippen LogP contribution < -0.4 is 5.32 Å². The second kappa shape index (κ2) is 9.36. The molecule has 4 nitrogen and oxygen atoms in total. The lowest BCUT2D eigenvalue weighted by atomic mass is 9.92. The molecule has 0 aliphatic carbocycles. The van der Waals surface area contributed by atoms with Gasteiger partial charge in [0.05, 0.1) is 5.04 Å². The Kier molecular flexibility index (Phi) is 7.28. The minimum atomic E-state index is -5.99. The van der Waals surface area contributed by atoms with Gasteiger partial charge in [-0.2, -0.15) is 26.3 Å². The fourth-order valence-electron chi connectivity index (χ4n) is 3.02. The van der Waals surface area contributed by atoms with Gasteiger partial charge < -0.3 is 10.4 Å². The molecule has 0 radical (unpaired) electrons. The van der Waals surface area contributed by atoms with E-state index in [1.165, 1.54) is 11.8 Å². The smallest absolute Gasteiger partial charge is 0.369 e. The molecule has 2 N–H and O–H groups in total. The Bertz CT molecular complexity index is 1040. The van der Waals surface area contributed by atoms with Crippen LogP contribution in [0.15, 0.2) is 47.5 Å². The number of hydrogen-bond donors (Lipinski definition) is 2. The minimum Gasteiger partial charge on any atom is -0.369 e. The molecule has 0 spiro atoms. The molecule has 1 aliphatic rings. The van der Waals surface area contributed by atoms with Crippen molar-refractivity contribution < 1.29 is 36.2 Å². The Labute approximate surface area is 198 Å². The Balaban J connectivity index is 1.71. The number of halogens is 8. The summed E-state index contributed by atoms with van der Waals surface area (Å²) in [5, 5.41) is 13.3. The van der Waals surface area contributed by atoms with Crippen LogP contribution in [-0.2, 0) is 16.8 Å². The van der Waals surface area contributed by atoms with Gasteiger partial charge in [-0.3, -0.25) is 9.79 Å². The van der Waals surface area contributed by atoms with Gasteiger partial charge in [0.2, 0.25) is 5.91 Å². The fraction of sp³-hybridized carbons (Fsp3) is 0.300. The Morgan fingerprint density at radius 3 is 2.09 bits per heavy atom. The lowest BCUT2D eigenvalue weighted by Crippen LogP contribution is -2.53. The molecule has 1 amide bonds. The maximum Gasteiger partial charge on any atom is 0.430 e. The van der Waals surface area contributed by atoms with Crippen LogP contribution in [0.5, 0.6) is 0 Å². The molecule has 1 atom stereocenters. The summed E-state index contributed by atoms with van der Waals surface area (Å²) in [5.74, 6) is -0.319. The van der Waals surface area contributed by atoms with Gasteiger partial charge >= 0.3 is 12.4 Å². The van der Waals surface area contributed by atoms with Crippen molar-refractivity contribution >= 4 is 51.6 Å². The van der Waals surface area contributed by atoms with Crippen molar-refractivity contribution in [3.63, 3.8) is 0 Å². The molecule has 178 valence electrons. The first-order chi connectivity index (χ1) is 15.2. The average Bonchev–Trinajstić information content (AvgIpc) is 3.18. The third-order valence-electron chi connectivity index (χ3n) is 4.79. The zero-order valence-electron chi connectivity index (χ0n) is 16.3. The summed E-state index contributed by atoms with van der Waals surface area (Å²) in [7, 11) is 0. The summed E-state index contributed by atoms with van der Waals surface area (Å²) < 4.78 is 77.8. The molecule has 33 heavy (non-hydrogen) atoms. The number of nitrogens with zero attached hydrogens (tertiary/aromatic N) is 1. The number of aliphatic hydroxyl groups is 1. The molecule has 1 heterocycles. The van der Waals surface area contributed by atoms with Gasteiger partial charge in [-0.05, 0) is 29.8 Å². The van der Waals surface area contributed by atoms with Gasteiger partial charge in [0.1, 0.15) is 6.04 Å². The zero-order chi connectivity index (χ0) is 24.6. The first-order valence-electron chi connectivity index (χ1n) is 9.13. The van der Waals surface area contributed by atoms with E-state index < -0.39 is 35.5 Å². The molecule has 0 fully saturated rings. The Hall–Kier alpha value is -1.95. The van der Waals surface area contributed by atoms with Crippen LogP contribution in [0.1, 0.15) is 11.1 Å². The predicted molar refractivity (Wildman–Crippen MR) is 115 cm³/mol. The van der Waals surface area contributed by atoms with E-state index in [0.717, 1.165) is 12.1 Å². The number of carbonyl (C=O) groups excluding carboxylic acids is 1. The van der Waals surface area contributed by atoms with Crippen LogP contribution in [0.2, 0.25) is 10.0 Å². The van der Waals surface area contributed by atoms with Crippen LogP contribution in [0.25, 0.3) is 0 Å². The summed E-state index contributed by atoms with van der Waals surface area (Å²) >= 11 is 13.6. The molecule has 13 heteroatoms. The number of anilines is 1. The highest BCUT2D eigenvalue weighted by Gasteiger charge is 2.71. The molecule has 3 rings (SSSR count). The first-order valence-corrected chi connectivity index (χ1v) is 10.9. The van der Waals surface area contributed by atoms with Gasteiger partial charge in [-0.1, -0.05) is 41.4 Å². The van der Waals surface area contributed by atoms with Crippen molar-refractivity contribution in [2.45, 2.75) is 30.4 Å². The average molecular weight is 531 g/mol. The summed E-state index contributed by atoms with van der Waals surface area (Å²) in [6, 6.07) is 6.77. The van der Waals surface area contributed by atoms with Gasteiger partial charge in [0.25, 0.3) is 5.60 Å². The summed E-state index contributed by atoms with van der Waals surface area (Å²) in [6.07, 6.45) is -11.7. The normalized spacial score (nSPS) is 17.1. The molecule has 2 aromatic carbocycles. The molecule has 1 aliphatic heterocycles. The number of nitrogens with one attached hydrogen (secondary N) is 1. The van der Waals surface area contributed by atoms with Crippen molar-refractivity contribution in [1.29, 1.82) is 0 Å². The van der Waals surface area contributed by atoms with Crippen LogP contribution in [-0.4, -0.2) is 40.2 Å². The topological polar surface area (TPSA) is 61.7 Å². The van der Waals surface area contributed by atoms with Crippen molar-refractivity contribution in [2.24, 2.45) is 4.99 Å². The number of rotatable bonds is 5. The third-order valence-corrected chi connectivity index (χ3v) is 6.56. The number of benzene rings is 2. The quantitative estimate of drug-likeness (QED) is 0.466. The monoisotopic (exact) mass is 530 g/mol. The molecular weight excluding hydrogens is 517 g/mol. The number of amides is 1. The van der Waals surface area contributed by atoms with Crippen LogP contribution in [0.4, 0.5) is 32.0 Å². The highest BCUT2D eigenvalue weighted by molar-refractivity contribution is 8.14. The molecular formula is C20H14Cl2F6N2O2S. The zero-order valence-corrected chi connectivity index (χ0v) is 18.6. The Morgan fingerprint density at radius 2 is 1.58 bits per heavy atom. The van der Waals surface area contributed by atoms with Crippen molar-refractivity contribution in [1.82, 2.24) is 0 Å². The largest absolute Gasteiger partial charge is 0.430 e. The van der Waals surface area contributed by atoms with E-state index in [4.69, 9.17) is 23.2 Å². The van der Waals surface area contributed by atoms with E-state index in [0.29, 0.717) is 39.2 Å². The van der Waals surface area contributed by atoms with E-state index in [2.05, 4.69) is 10.3 Å². The van der Waals surface area contributed by atoms with Crippen molar-refractivity contribution in [2.75, 3.05) is 11.1 Å². The lowest BCUT2D eigenvalue weighted by molar-refractivity contribution is -0.376. The van der Waals surface area contributed by atoms with Gasteiger partial charge in [-0.25, -0.2) is 0 Å².